The van der Waals surface area contributed by atoms with E-state index >= 15 is 0 Å². The van der Waals surface area contributed by atoms with Crippen molar-refractivity contribution in [3.63, 3.8) is 0 Å². The molecule has 3 rings (SSSR count). The van der Waals surface area contributed by atoms with Crippen LogP contribution in [0.3, 0.4) is 0 Å². The van der Waals surface area contributed by atoms with Gasteiger partial charge in [0.25, 0.3) is 0 Å². The predicted octanol–water partition coefficient (Wildman–Crippen LogP) is 2.08. The van der Waals surface area contributed by atoms with Crippen LogP contribution in [0.1, 0.15) is 12.3 Å². The number of likely N-dealkylation sites (tertiary alicyclic amines) is 1. The van der Waals surface area contributed by atoms with Crippen molar-refractivity contribution >= 4 is 12.4 Å². The maximum Gasteiger partial charge on any atom is 0.241 e. The smallest absolute Gasteiger partial charge is 0.241 e. The van der Waals surface area contributed by atoms with Crippen LogP contribution in [-0.4, -0.2) is 34.7 Å². The van der Waals surface area contributed by atoms with Crippen LogP contribution >= 0.6 is 12.4 Å². The van der Waals surface area contributed by atoms with Crippen molar-refractivity contribution in [2.24, 2.45) is 11.7 Å². The van der Waals surface area contributed by atoms with Crippen LogP contribution in [0.15, 0.2) is 28.8 Å². The molecule has 1 unspecified atom stereocenters. The van der Waals surface area contributed by atoms with Gasteiger partial charge in [-0.2, -0.15) is 4.98 Å². The van der Waals surface area contributed by atoms with Crippen LogP contribution in [0.25, 0.3) is 11.4 Å². The molecule has 1 fully saturated rings. The van der Waals surface area contributed by atoms with Crippen LogP contribution < -0.4 is 5.73 Å². The molecule has 0 spiro atoms. The summed E-state index contributed by atoms with van der Waals surface area (Å²) in [5, 5.41) is 3.94. The zero-order chi connectivity index (χ0) is 13.9. The molecule has 0 bridgehead atoms. The molecule has 1 saturated heterocycles. The SMILES string of the molecule is Cl.NCC1CCN(Cc2nc(-c3ccc(F)cc3)no2)C1. The number of nitrogens with two attached hydrogens (primary N) is 1. The molecule has 1 aromatic carbocycles. The van der Waals surface area contributed by atoms with Crippen LogP contribution in [0.4, 0.5) is 4.39 Å². The molecule has 114 valence electrons. The Hall–Kier alpha value is -1.50. The summed E-state index contributed by atoms with van der Waals surface area (Å²) in [7, 11) is 0. The summed E-state index contributed by atoms with van der Waals surface area (Å²) in [6, 6.07) is 6.06. The summed E-state index contributed by atoms with van der Waals surface area (Å²) < 4.78 is 18.1. The second kappa shape index (κ2) is 6.98. The second-order valence-electron chi connectivity index (χ2n) is 5.14. The van der Waals surface area contributed by atoms with Gasteiger partial charge in [-0.1, -0.05) is 5.16 Å². The molecule has 2 aromatic rings. The number of benzene rings is 1. The third kappa shape index (κ3) is 3.78. The fourth-order valence-electron chi connectivity index (χ4n) is 2.48. The molecule has 0 radical (unpaired) electrons. The first-order chi connectivity index (χ1) is 9.74. The van der Waals surface area contributed by atoms with E-state index in [9.17, 15) is 4.39 Å². The highest BCUT2D eigenvalue weighted by Crippen LogP contribution is 2.19. The van der Waals surface area contributed by atoms with Crippen molar-refractivity contribution in [3.8, 4) is 11.4 Å². The van der Waals surface area contributed by atoms with Crippen LogP contribution in [0.2, 0.25) is 0 Å². The van der Waals surface area contributed by atoms with E-state index in [2.05, 4.69) is 15.0 Å². The summed E-state index contributed by atoms with van der Waals surface area (Å²) in [5.74, 6) is 1.37. The van der Waals surface area contributed by atoms with E-state index in [0.29, 0.717) is 24.2 Å². The Balaban J connectivity index is 0.00000161. The van der Waals surface area contributed by atoms with Crippen molar-refractivity contribution < 1.29 is 8.91 Å². The van der Waals surface area contributed by atoms with Gasteiger partial charge in [-0.15, -0.1) is 12.4 Å². The number of aromatic nitrogens is 2. The molecule has 2 heterocycles. The quantitative estimate of drug-likeness (QED) is 0.936. The first-order valence-electron chi connectivity index (χ1n) is 6.75. The molecule has 5 nitrogen and oxygen atoms in total. The normalized spacial score (nSPS) is 18.7. The van der Waals surface area contributed by atoms with Gasteiger partial charge in [0.1, 0.15) is 5.82 Å². The summed E-state index contributed by atoms with van der Waals surface area (Å²) in [6.45, 7) is 3.35. The minimum Gasteiger partial charge on any atom is -0.338 e. The Morgan fingerprint density at radius 2 is 2.10 bits per heavy atom. The van der Waals surface area contributed by atoms with Crippen LogP contribution in [0.5, 0.6) is 0 Å². The second-order valence-corrected chi connectivity index (χ2v) is 5.14. The molecule has 0 amide bonds. The minimum absolute atomic E-state index is 0. The Morgan fingerprint density at radius 3 is 2.76 bits per heavy atom. The molecule has 21 heavy (non-hydrogen) atoms. The van der Waals surface area contributed by atoms with E-state index in [1.54, 1.807) is 12.1 Å². The fourth-order valence-corrected chi connectivity index (χ4v) is 2.48. The molecular weight excluding hydrogens is 295 g/mol. The lowest BCUT2D eigenvalue weighted by Gasteiger charge is -2.12. The number of hydrogen-bond donors (Lipinski definition) is 1. The summed E-state index contributed by atoms with van der Waals surface area (Å²) in [4.78, 5) is 6.61. The molecule has 1 aliphatic rings. The van der Waals surface area contributed by atoms with Gasteiger partial charge in [0.15, 0.2) is 0 Å². The first kappa shape index (κ1) is 15.9. The first-order valence-corrected chi connectivity index (χ1v) is 6.75. The summed E-state index contributed by atoms with van der Waals surface area (Å²) in [5.41, 5.74) is 6.43. The predicted molar refractivity (Wildman–Crippen MR) is 79.4 cm³/mol. The van der Waals surface area contributed by atoms with E-state index < -0.39 is 0 Å². The molecule has 0 saturated carbocycles. The Bertz CT molecular complexity index is 575. The average Bonchev–Trinajstić information content (AvgIpc) is 3.09. The lowest BCUT2D eigenvalue weighted by atomic mass is 10.1. The average molecular weight is 313 g/mol. The number of nitrogens with zero attached hydrogens (tertiary/aromatic N) is 3. The third-order valence-electron chi connectivity index (χ3n) is 3.63. The standard InChI is InChI=1S/C14H17FN4O.ClH/c15-12-3-1-11(2-4-12)14-17-13(20-18-14)9-19-6-5-10(7-16)8-19;/h1-4,10H,5-9,16H2;1H. The van der Waals surface area contributed by atoms with Gasteiger partial charge in [0.2, 0.25) is 11.7 Å². The van der Waals surface area contributed by atoms with Crippen molar-refractivity contribution in [3.05, 3.63) is 36.0 Å². The highest BCUT2D eigenvalue weighted by molar-refractivity contribution is 5.85. The zero-order valence-electron chi connectivity index (χ0n) is 11.5. The topological polar surface area (TPSA) is 68.2 Å². The Kier molecular flexibility index (Phi) is 5.27. The Labute approximate surface area is 128 Å². The van der Waals surface area contributed by atoms with E-state index in [0.717, 1.165) is 31.6 Å². The van der Waals surface area contributed by atoms with Gasteiger partial charge >= 0.3 is 0 Å². The van der Waals surface area contributed by atoms with Gasteiger partial charge in [-0.05, 0) is 49.7 Å². The van der Waals surface area contributed by atoms with Crippen molar-refractivity contribution in [2.75, 3.05) is 19.6 Å². The third-order valence-corrected chi connectivity index (χ3v) is 3.63. The fraction of sp³-hybridized carbons (Fsp3) is 0.429. The molecule has 2 N–H and O–H groups in total. The minimum atomic E-state index is -0.276. The van der Waals surface area contributed by atoms with Gasteiger partial charge in [0, 0.05) is 12.1 Å². The van der Waals surface area contributed by atoms with Gasteiger partial charge in [-0.25, -0.2) is 4.39 Å². The summed E-state index contributed by atoms with van der Waals surface area (Å²) >= 11 is 0. The van der Waals surface area contributed by atoms with Crippen molar-refractivity contribution in [1.82, 2.24) is 15.0 Å². The van der Waals surface area contributed by atoms with E-state index in [4.69, 9.17) is 10.3 Å². The summed E-state index contributed by atoms with van der Waals surface area (Å²) in [6.07, 6.45) is 1.12. The Morgan fingerprint density at radius 1 is 1.33 bits per heavy atom. The highest BCUT2D eigenvalue weighted by atomic mass is 35.5. The van der Waals surface area contributed by atoms with E-state index in [1.165, 1.54) is 12.1 Å². The van der Waals surface area contributed by atoms with Crippen LogP contribution in [-0.2, 0) is 6.54 Å². The monoisotopic (exact) mass is 312 g/mol. The van der Waals surface area contributed by atoms with Crippen molar-refractivity contribution in [1.29, 1.82) is 0 Å². The number of rotatable bonds is 4. The van der Waals surface area contributed by atoms with Gasteiger partial charge in [-0.3, -0.25) is 4.90 Å². The van der Waals surface area contributed by atoms with Gasteiger partial charge < -0.3 is 10.3 Å². The van der Waals surface area contributed by atoms with Crippen LogP contribution in [0, 0.1) is 11.7 Å². The maximum atomic E-state index is 12.9. The lowest BCUT2D eigenvalue weighted by Crippen LogP contribution is -2.22. The molecule has 1 aliphatic heterocycles. The molecular formula is C14H18ClFN4O. The van der Waals surface area contributed by atoms with Crippen molar-refractivity contribution in [2.45, 2.75) is 13.0 Å². The van der Waals surface area contributed by atoms with E-state index in [-0.39, 0.29) is 18.2 Å². The number of hydrogen-bond acceptors (Lipinski definition) is 5. The number of halogens is 2. The molecule has 1 atom stereocenters. The largest absolute Gasteiger partial charge is 0.338 e. The molecule has 1 aromatic heterocycles. The van der Waals surface area contributed by atoms with Gasteiger partial charge in [0.05, 0.1) is 6.54 Å². The zero-order valence-corrected chi connectivity index (χ0v) is 12.4. The molecule has 7 heteroatoms. The molecule has 0 aliphatic carbocycles. The highest BCUT2D eigenvalue weighted by Gasteiger charge is 2.23. The maximum absolute atomic E-state index is 12.9. The van der Waals surface area contributed by atoms with E-state index in [1.807, 2.05) is 0 Å². The lowest BCUT2D eigenvalue weighted by molar-refractivity contribution is 0.261.